The highest BCUT2D eigenvalue weighted by atomic mass is 16.2. The van der Waals surface area contributed by atoms with Crippen molar-refractivity contribution in [3.8, 4) is 0 Å². The van der Waals surface area contributed by atoms with Crippen molar-refractivity contribution in [2.75, 3.05) is 13.1 Å². The Kier molecular flexibility index (Phi) is 5.17. The van der Waals surface area contributed by atoms with Gasteiger partial charge in [-0.05, 0) is 34.9 Å². The van der Waals surface area contributed by atoms with Crippen molar-refractivity contribution in [1.29, 1.82) is 0 Å². The van der Waals surface area contributed by atoms with Crippen LogP contribution < -0.4 is 0 Å². The zero-order valence-corrected chi connectivity index (χ0v) is 15.1. The largest absolute Gasteiger partial charge is 0.342 e. The van der Waals surface area contributed by atoms with Gasteiger partial charge in [-0.1, -0.05) is 6.07 Å². The second kappa shape index (κ2) is 8.07. The number of tetrazole rings is 1. The zero-order chi connectivity index (χ0) is 18.5. The number of rotatable bonds is 6. The fourth-order valence-corrected chi connectivity index (χ4v) is 3.57. The first kappa shape index (κ1) is 17.3. The summed E-state index contributed by atoms with van der Waals surface area (Å²) in [5.41, 5.74) is 1.14. The standard InChI is InChI=1S/C18H22N8O/c27-17(5-9-26-14-21-22-23-26)24-8-2-4-16(13-24)18-20-7-10-25(18)12-15-3-1-6-19-11-15/h1,3,6-7,10-11,14,16H,2,4-5,8-9,12-13H2/t16-/m1/s1. The Hall–Kier alpha value is -3.10. The lowest BCUT2D eigenvalue weighted by molar-refractivity contribution is -0.132. The number of imidazole rings is 1. The highest BCUT2D eigenvalue weighted by molar-refractivity contribution is 5.76. The normalized spacial score (nSPS) is 17.2. The van der Waals surface area contributed by atoms with E-state index in [4.69, 9.17) is 0 Å². The predicted molar refractivity (Wildman–Crippen MR) is 96.6 cm³/mol. The summed E-state index contributed by atoms with van der Waals surface area (Å²) in [5.74, 6) is 1.43. The summed E-state index contributed by atoms with van der Waals surface area (Å²) < 4.78 is 3.75. The van der Waals surface area contributed by atoms with Crippen LogP contribution in [0.5, 0.6) is 0 Å². The van der Waals surface area contributed by atoms with E-state index in [9.17, 15) is 4.79 Å². The monoisotopic (exact) mass is 366 g/mol. The highest BCUT2D eigenvalue weighted by Gasteiger charge is 2.27. The fraction of sp³-hybridized carbons (Fsp3) is 0.444. The van der Waals surface area contributed by atoms with E-state index in [1.54, 1.807) is 10.9 Å². The topological polar surface area (TPSA) is 94.6 Å². The maximum absolute atomic E-state index is 12.6. The van der Waals surface area contributed by atoms with E-state index in [1.807, 2.05) is 29.6 Å². The van der Waals surface area contributed by atoms with Crippen LogP contribution in [0, 0.1) is 0 Å². The summed E-state index contributed by atoms with van der Waals surface area (Å²) in [6.07, 6.45) is 11.5. The van der Waals surface area contributed by atoms with Gasteiger partial charge in [-0.3, -0.25) is 9.78 Å². The van der Waals surface area contributed by atoms with Gasteiger partial charge in [-0.2, -0.15) is 0 Å². The van der Waals surface area contributed by atoms with Crippen LogP contribution >= 0.6 is 0 Å². The number of amides is 1. The third kappa shape index (κ3) is 4.18. The van der Waals surface area contributed by atoms with E-state index in [1.165, 1.54) is 6.33 Å². The second-order valence-electron chi connectivity index (χ2n) is 6.78. The van der Waals surface area contributed by atoms with Gasteiger partial charge >= 0.3 is 0 Å². The van der Waals surface area contributed by atoms with Crippen LogP contribution in [-0.2, 0) is 17.9 Å². The SMILES string of the molecule is O=C(CCn1cnnn1)N1CCC[C@@H](c2nccn2Cc2cccnc2)C1. The molecule has 0 spiro atoms. The van der Waals surface area contributed by atoms with Crippen molar-refractivity contribution < 1.29 is 4.79 Å². The van der Waals surface area contributed by atoms with Gasteiger partial charge in [0.1, 0.15) is 12.2 Å². The molecule has 0 aromatic carbocycles. The number of carbonyl (C=O) groups is 1. The molecule has 4 rings (SSSR count). The molecule has 9 nitrogen and oxygen atoms in total. The molecule has 3 aromatic heterocycles. The zero-order valence-electron chi connectivity index (χ0n) is 15.1. The van der Waals surface area contributed by atoms with Crippen molar-refractivity contribution in [1.82, 2.24) is 39.6 Å². The van der Waals surface area contributed by atoms with Crippen LogP contribution in [0.2, 0.25) is 0 Å². The summed E-state index contributed by atoms with van der Waals surface area (Å²) in [6, 6.07) is 4.00. The number of hydrogen-bond acceptors (Lipinski definition) is 6. The van der Waals surface area contributed by atoms with Gasteiger partial charge in [0.05, 0.1) is 13.1 Å². The molecule has 9 heteroatoms. The molecule has 4 heterocycles. The van der Waals surface area contributed by atoms with Crippen LogP contribution in [0.3, 0.4) is 0 Å². The van der Waals surface area contributed by atoms with E-state index in [0.29, 0.717) is 19.5 Å². The molecule has 0 radical (unpaired) electrons. The molecule has 0 saturated carbocycles. The van der Waals surface area contributed by atoms with E-state index >= 15 is 0 Å². The van der Waals surface area contributed by atoms with Gasteiger partial charge in [0.15, 0.2) is 0 Å². The third-order valence-corrected chi connectivity index (χ3v) is 4.91. The van der Waals surface area contributed by atoms with Crippen LogP contribution in [-0.4, -0.2) is 58.6 Å². The first-order valence-corrected chi connectivity index (χ1v) is 9.18. The Labute approximate surface area is 157 Å². The Bertz CT molecular complexity index is 861. The van der Waals surface area contributed by atoms with Crippen molar-refractivity contribution in [3.05, 3.63) is 54.6 Å². The number of aryl methyl sites for hydroxylation is 1. The van der Waals surface area contributed by atoms with Gasteiger partial charge in [-0.15, -0.1) is 5.10 Å². The number of nitrogens with zero attached hydrogens (tertiary/aromatic N) is 8. The smallest absolute Gasteiger partial charge is 0.224 e. The van der Waals surface area contributed by atoms with E-state index < -0.39 is 0 Å². The summed E-state index contributed by atoms with van der Waals surface area (Å²) in [6.45, 7) is 2.75. The van der Waals surface area contributed by atoms with Crippen LogP contribution in [0.25, 0.3) is 0 Å². The average molecular weight is 366 g/mol. The summed E-state index contributed by atoms with van der Waals surface area (Å²) in [4.78, 5) is 23.3. The second-order valence-corrected chi connectivity index (χ2v) is 6.78. The van der Waals surface area contributed by atoms with E-state index in [2.05, 4.69) is 36.1 Å². The fourth-order valence-electron chi connectivity index (χ4n) is 3.57. The molecule has 27 heavy (non-hydrogen) atoms. The number of hydrogen-bond donors (Lipinski definition) is 0. The van der Waals surface area contributed by atoms with Gasteiger partial charge in [-0.25, -0.2) is 9.67 Å². The summed E-state index contributed by atoms with van der Waals surface area (Å²) >= 11 is 0. The lowest BCUT2D eigenvalue weighted by atomic mass is 9.96. The molecule has 0 aliphatic carbocycles. The first-order chi connectivity index (χ1) is 13.3. The third-order valence-electron chi connectivity index (χ3n) is 4.91. The molecule has 1 fully saturated rings. The molecule has 140 valence electrons. The quantitative estimate of drug-likeness (QED) is 0.649. The lowest BCUT2D eigenvalue weighted by Crippen LogP contribution is -2.40. The molecule has 0 unspecified atom stereocenters. The van der Waals surface area contributed by atoms with E-state index in [0.717, 1.165) is 37.3 Å². The van der Waals surface area contributed by atoms with Gasteiger partial charge in [0.25, 0.3) is 0 Å². The van der Waals surface area contributed by atoms with Gasteiger partial charge < -0.3 is 9.47 Å². The molecule has 0 N–H and O–H groups in total. The summed E-state index contributed by atoms with van der Waals surface area (Å²) in [5, 5.41) is 11.0. The first-order valence-electron chi connectivity index (χ1n) is 9.18. The number of piperidine rings is 1. The van der Waals surface area contributed by atoms with Crippen LogP contribution in [0.15, 0.2) is 43.2 Å². The number of carbonyl (C=O) groups excluding carboxylic acids is 1. The minimum Gasteiger partial charge on any atom is -0.342 e. The molecule has 1 atom stereocenters. The lowest BCUT2D eigenvalue weighted by Gasteiger charge is -2.32. The van der Waals surface area contributed by atoms with Gasteiger partial charge in [0.2, 0.25) is 5.91 Å². The maximum atomic E-state index is 12.6. The molecular formula is C18H22N8O. The molecule has 0 bridgehead atoms. The molecule has 1 aliphatic rings. The van der Waals surface area contributed by atoms with Crippen LogP contribution in [0.1, 0.15) is 36.6 Å². The van der Waals surface area contributed by atoms with Crippen molar-refractivity contribution in [2.45, 2.75) is 38.3 Å². The highest BCUT2D eigenvalue weighted by Crippen LogP contribution is 2.26. The molecular weight excluding hydrogens is 344 g/mol. The molecule has 1 aliphatic heterocycles. The molecule has 1 saturated heterocycles. The average Bonchev–Trinajstić information content (AvgIpc) is 3.39. The number of likely N-dealkylation sites (tertiary alicyclic amines) is 1. The number of aromatic nitrogens is 7. The van der Waals surface area contributed by atoms with Crippen molar-refractivity contribution >= 4 is 5.91 Å². The van der Waals surface area contributed by atoms with Gasteiger partial charge in [0, 0.05) is 50.2 Å². The van der Waals surface area contributed by atoms with Crippen LogP contribution in [0.4, 0.5) is 0 Å². The predicted octanol–water partition coefficient (Wildman–Crippen LogP) is 1.11. The Morgan fingerprint density at radius 3 is 3.07 bits per heavy atom. The minimum absolute atomic E-state index is 0.139. The van der Waals surface area contributed by atoms with Crippen molar-refractivity contribution in [2.24, 2.45) is 0 Å². The van der Waals surface area contributed by atoms with Crippen molar-refractivity contribution in [3.63, 3.8) is 0 Å². The number of pyridine rings is 1. The molecule has 1 amide bonds. The maximum Gasteiger partial charge on any atom is 0.224 e. The minimum atomic E-state index is 0.139. The molecule has 3 aromatic rings. The Morgan fingerprint density at radius 1 is 1.30 bits per heavy atom. The van der Waals surface area contributed by atoms with E-state index in [-0.39, 0.29) is 11.8 Å². The summed E-state index contributed by atoms with van der Waals surface area (Å²) in [7, 11) is 0. The Balaban J connectivity index is 1.40. The Morgan fingerprint density at radius 2 is 2.26 bits per heavy atom.